The highest BCUT2D eigenvalue weighted by molar-refractivity contribution is 7.99. The fraction of sp³-hybridized carbons (Fsp3) is 0.609. The van der Waals surface area contributed by atoms with Gasteiger partial charge in [-0.3, -0.25) is 9.59 Å². The molecule has 0 aromatic heterocycles. The molecule has 0 bridgehead atoms. The van der Waals surface area contributed by atoms with Gasteiger partial charge in [-0.2, -0.15) is 11.8 Å². The molecule has 1 amide bonds. The molecule has 0 aliphatic rings. The fourth-order valence-electron chi connectivity index (χ4n) is 2.57. The second kappa shape index (κ2) is 16.7. The molecule has 0 radical (unpaired) electrons. The third-order valence-corrected chi connectivity index (χ3v) is 5.36. The molecule has 0 unspecified atom stereocenters. The van der Waals surface area contributed by atoms with E-state index in [2.05, 4.69) is 51.2 Å². The molecular weight excluding hydrogens is 402 g/mol. The zero-order valence-electron chi connectivity index (χ0n) is 18.7. The number of rotatable bonds is 16. The number of aliphatic carboxylic acids is 2. The van der Waals surface area contributed by atoms with Crippen molar-refractivity contribution >= 4 is 29.6 Å². The molecule has 0 saturated heterocycles. The summed E-state index contributed by atoms with van der Waals surface area (Å²) in [6, 6.07) is -0.965. The largest absolute Gasteiger partial charge is 0.481 e. The van der Waals surface area contributed by atoms with Crippen LogP contribution in [0.25, 0.3) is 0 Å². The van der Waals surface area contributed by atoms with E-state index in [1.165, 1.54) is 28.5 Å². The minimum atomic E-state index is -1.08. The van der Waals surface area contributed by atoms with Gasteiger partial charge in [-0.25, -0.2) is 4.79 Å². The van der Waals surface area contributed by atoms with Crippen molar-refractivity contribution in [1.82, 2.24) is 5.32 Å². The molecule has 170 valence electrons. The number of thioether (sulfide) groups is 1. The Hall–Kier alpha value is -2.02. The fourth-order valence-corrected chi connectivity index (χ4v) is 3.57. The maximum Gasteiger partial charge on any atom is 0.327 e. The lowest BCUT2D eigenvalue weighted by atomic mass is 10.1. The molecule has 0 aromatic rings. The van der Waals surface area contributed by atoms with Crippen molar-refractivity contribution in [3.63, 3.8) is 0 Å². The molecule has 0 aromatic carbocycles. The second-order valence-electron chi connectivity index (χ2n) is 7.70. The number of hydrogen-bond donors (Lipinski definition) is 3. The Bertz CT molecular complexity index is 648. The van der Waals surface area contributed by atoms with Gasteiger partial charge < -0.3 is 15.5 Å². The van der Waals surface area contributed by atoms with Crippen molar-refractivity contribution in [1.29, 1.82) is 0 Å². The lowest BCUT2D eigenvalue weighted by molar-refractivity contribution is -0.141. The average molecular weight is 440 g/mol. The van der Waals surface area contributed by atoms with Crippen molar-refractivity contribution in [2.45, 2.75) is 78.7 Å². The minimum absolute atomic E-state index is 0.0149. The Morgan fingerprint density at radius 1 is 0.867 bits per heavy atom. The predicted octanol–water partition coefficient (Wildman–Crippen LogP) is 4.96. The number of carbonyl (C=O) groups excluding carboxylic acids is 1. The van der Waals surface area contributed by atoms with Crippen molar-refractivity contribution in [3.8, 4) is 0 Å². The zero-order chi connectivity index (χ0) is 22.9. The molecule has 1 atom stereocenters. The van der Waals surface area contributed by atoms with Gasteiger partial charge in [0, 0.05) is 24.3 Å². The van der Waals surface area contributed by atoms with E-state index in [0.717, 1.165) is 25.7 Å². The van der Waals surface area contributed by atoms with Crippen LogP contribution in [-0.2, 0) is 14.4 Å². The highest BCUT2D eigenvalue weighted by atomic mass is 32.2. The first kappa shape index (κ1) is 28.0. The molecule has 3 N–H and O–H groups in total. The van der Waals surface area contributed by atoms with E-state index in [1.54, 1.807) is 0 Å². The lowest BCUT2D eigenvalue weighted by Gasteiger charge is -2.13. The molecular formula is C23H37NO5S. The van der Waals surface area contributed by atoms with E-state index in [-0.39, 0.29) is 25.0 Å². The topological polar surface area (TPSA) is 104 Å². The second-order valence-corrected chi connectivity index (χ2v) is 8.78. The number of allylic oxidation sites excluding steroid dienone is 5. The van der Waals surface area contributed by atoms with Crippen LogP contribution in [0.2, 0.25) is 0 Å². The van der Waals surface area contributed by atoms with Crippen LogP contribution in [0.4, 0.5) is 0 Å². The van der Waals surface area contributed by atoms with E-state index in [0.29, 0.717) is 5.75 Å². The average Bonchev–Trinajstić information content (AvgIpc) is 2.63. The summed E-state index contributed by atoms with van der Waals surface area (Å²) >= 11 is 1.45. The molecule has 30 heavy (non-hydrogen) atoms. The van der Waals surface area contributed by atoms with Gasteiger partial charge in [-0.1, -0.05) is 34.9 Å². The van der Waals surface area contributed by atoms with Gasteiger partial charge >= 0.3 is 11.9 Å². The van der Waals surface area contributed by atoms with Gasteiger partial charge in [0.15, 0.2) is 0 Å². The van der Waals surface area contributed by atoms with Crippen LogP contribution in [-0.4, -0.2) is 45.6 Å². The first-order valence-electron chi connectivity index (χ1n) is 10.4. The monoisotopic (exact) mass is 439 g/mol. The van der Waals surface area contributed by atoms with Crippen LogP contribution >= 0.6 is 11.8 Å². The van der Waals surface area contributed by atoms with Gasteiger partial charge in [-0.05, 0) is 59.8 Å². The van der Waals surface area contributed by atoms with Crippen molar-refractivity contribution < 1.29 is 24.6 Å². The van der Waals surface area contributed by atoms with Gasteiger partial charge in [0.05, 0.1) is 0 Å². The molecule has 6 nitrogen and oxygen atoms in total. The van der Waals surface area contributed by atoms with Crippen LogP contribution in [0.1, 0.15) is 72.6 Å². The summed E-state index contributed by atoms with van der Waals surface area (Å²) in [4.78, 5) is 33.5. The smallest absolute Gasteiger partial charge is 0.327 e. The van der Waals surface area contributed by atoms with Crippen LogP contribution in [0, 0.1) is 0 Å². The normalized spacial score (nSPS) is 12.9. The number of hydrogen-bond acceptors (Lipinski definition) is 4. The van der Waals surface area contributed by atoms with Crippen molar-refractivity contribution in [3.05, 3.63) is 34.9 Å². The SMILES string of the molecule is CC(C)=CCC/C(C)=C/CC/C(C)=C/CSC[C@H](NC(=O)CCCC(=O)O)C(=O)O. The Morgan fingerprint density at radius 2 is 1.47 bits per heavy atom. The molecule has 0 heterocycles. The maximum atomic E-state index is 11.8. The van der Waals surface area contributed by atoms with E-state index < -0.39 is 23.9 Å². The third-order valence-electron chi connectivity index (χ3n) is 4.38. The van der Waals surface area contributed by atoms with Crippen LogP contribution in [0.15, 0.2) is 34.9 Å². The van der Waals surface area contributed by atoms with Gasteiger partial charge in [0.25, 0.3) is 0 Å². The first-order chi connectivity index (χ1) is 14.1. The van der Waals surface area contributed by atoms with Crippen molar-refractivity contribution in [2.75, 3.05) is 11.5 Å². The lowest BCUT2D eigenvalue weighted by Crippen LogP contribution is -2.42. The summed E-state index contributed by atoms with van der Waals surface area (Å²) in [5, 5.41) is 20.3. The quantitative estimate of drug-likeness (QED) is 0.232. The summed E-state index contributed by atoms with van der Waals surface area (Å²) in [6.45, 7) is 8.46. The number of nitrogens with one attached hydrogen (secondary N) is 1. The molecule has 0 fully saturated rings. The summed E-state index contributed by atoms with van der Waals surface area (Å²) in [6.07, 6.45) is 10.9. The van der Waals surface area contributed by atoms with Gasteiger partial charge in [0.1, 0.15) is 6.04 Å². The van der Waals surface area contributed by atoms with Crippen LogP contribution < -0.4 is 5.32 Å². The summed E-state index contributed by atoms with van der Waals surface area (Å²) in [5.74, 6) is -1.52. The van der Waals surface area contributed by atoms with Crippen LogP contribution in [0.3, 0.4) is 0 Å². The minimum Gasteiger partial charge on any atom is -0.481 e. The van der Waals surface area contributed by atoms with E-state index >= 15 is 0 Å². The molecule has 0 rings (SSSR count). The first-order valence-corrected chi connectivity index (χ1v) is 11.5. The van der Waals surface area contributed by atoms with E-state index in [1.807, 2.05) is 0 Å². The third kappa shape index (κ3) is 16.9. The summed E-state index contributed by atoms with van der Waals surface area (Å²) in [5.41, 5.74) is 4.01. The van der Waals surface area contributed by atoms with Gasteiger partial charge in [-0.15, -0.1) is 0 Å². The highest BCUT2D eigenvalue weighted by Crippen LogP contribution is 2.13. The Kier molecular flexibility index (Phi) is 15.6. The van der Waals surface area contributed by atoms with E-state index in [9.17, 15) is 19.5 Å². The molecule has 0 spiro atoms. The zero-order valence-corrected chi connectivity index (χ0v) is 19.5. The summed E-state index contributed by atoms with van der Waals surface area (Å²) in [7, 11) is 0. The number of amides is 1. The van der Waals surface area contributed by atoms with Crippen molar-refractivity contribution in [2.24, 2.45) is 0 Å². The van der Waals surface area contributed by atoms with E-state index in [4.69, 9.17) is 5.11 Å². The number of carbonyl (C=O) groups is 3. The number of carboxylic acid groups (broad SMARTS) is 2. The summed E-state index contributed by atoms with van der Waals surface area (Å²) < 4.78 is 0. The highest BCUT2D eigenvalue weighted by Gasteiger charge is 2.19. The Balaban J connectivity index is 4.19. The van der Waals surface area contributed by atoms with Gasteiger partial charge in [0.2, 0.25) is 5.91 Å². The Morgan fingerprint density at radius 3 is 2.03 bits per heavy atom. The molecule has 7 heteroatoms. The molecule has 0 aliphatic heterocycles. The van der Waals surface area contributed by atoms with Crippen LogP contribution in [0.5, 0.6) is 0 Å². The maximum absolute atomic E-state index is 11.8. The molecule has 0 saturated carbocycles. The number of carboxylic acids is 2. The standard InChI is InChI=1S/C23H37NO5S/c1-17(2)8-5-9-18(3)10-6-11-19(4)14-15-30-16-20(23(28)29)24-21(25)12-7-13-22(26)27/h8,10,14,20H,5-7,9,11-13,15-16H2,1-4H3,(H,24,25)(H,26,27)(H,28,29)/b18-10+,19-14+/t20-/m0/s1. The Labute approximate surface area is 184 Å². The molecule has 0 aliphatic carbocycles. The predicted molar refractivity (Wildman–Crippen MR) is 124 cm³/mol.